The average Bonchev–Trinajstić information content (AvgIpc) is 3.24. The van der Waals surface area contributed by atoms with Gasteiger partial charge in [0.15, 0.2) is 0 Å². The second kappa shape index (κ2) is 7.85. The monoisotopic (exact) mass is 350 g/mol. The molecular formula is C21H26N4O. The molecule has 1 saturated carbocycles. The molecule has 2 aromatic rings. The molecular weight excluding hydrogens is 324 g/mol. The minimum absolute atomic E-state index is 0.0216. The van der Waals surface area contributed by atoms with E-state index in [1.807, 2.05) is 36.7 Å². The van der Waals surface area contributed by atoms with Gasteiger partial charge in [-0.05, 0) is 43.4 Å². The van der Waals surface area contributed by atoms with Crippen molar-refractivity contribution in [3.05, 3.63) is 42.2 Å². The van der Waals surface area contributed by atoms with Gasteiger partial charge in [-0.15, -0.1) is 0 Å². The third kappa shape index (κ3) is 3.87. The van der Waals surface area contributed by atoms with Crippen molar-refractivity contribution in [2.75, 3.05) is 18.0 Å². The van der Waals surface area contributed by atoms with Crippen LogP contribution >= 0.6 is 0 Å². The number of carbonyl (C=O) groups is 1. The first-order valence-electron chi connectivity index (χ1n) is 9.78. The molecule has 2 fully saturated rings. The third-order valence-corrected chi connectivity index (χ3v) is 5.43. The first-order valence-corrected chi connectivity index (χ1v) is 9.78. The summed E-state index contributed by atoms with van der Waals surface area (Å²) in [5, 5.41) is 3.18. The summed E-state index contributed by atoms with van der Waals surface area (Å²) in [6, 6.07) is 8.07. The van der Waals surface area contributed by atoms with Gasteiger partial charge >= 0.3 is 0 Å². The summed E-state index contributed by atoms with van der Waals surface area (Å²) in [5.74, 6) is 0.825. The number of benzene rings is 1. The zero-order valence-corrected chi connectivity index (χ0v) is 15.2. The number of nitrogens with one attached hydrogen (secondary N) is 1. The van der Waals surface area contributed by atoms with Crippen LogP contribution < -0.4 is 10.2 Å². The van der Waals surface area contributed by atoms with Crippen molar-refractivity contribution in [2.24, 2.45) is 0 Å². The standard InChI is InChI=1S/C21H26N4O/c26-20(24-19-9-2-1-3-10-19)17-8-6-7-16(13-17)18-14-22-21(23-15-18)25-11-4-5-12-25/h6-8,13-15,19H,1-5,9-12H2,(H,24,26). The Kier molecular flexibility index (Phi) is 5.14. The minimum atomic E-state index is 0.0216. The maximum absolute atomic E-state index is 12.6. The Morgan fingerprint density at radius 3 is 2.42 bits per heavy atom. The highest BCUT2D eigenvalue weighted by atomic mass is 16.1. The number of nitrogens with zero attached hydrogens (tertiary/aromatic N) is 3. The van der Waals surface area contributed by atoms with E-state index in [4.69, 9.17) is 0 Å². The summed E-state index contributed by atoms with van der Waals surface area (Å²) >= 11 is 0. The first kappa shape index (κ1) is 17.0. The molecule has 0 spiro atoms. The van der Waals surface area contributed by atoms with E-state index in [9.17, 15) is 4.79 Å². The number of aromatic nitrogens is 2. The van der Waals surface area contributed by atoms with Crippen LogP contribution in [0.5, 0.6) is 0 Å². The van der Waals surface area contributed by atoms with Crippen molar-refractivity contribution in [3.8, 4) is 11.1 Å². The lowest BCUT2D eigenvalue weighted by molar-refractivity contribution is 0.0928. The van der Waals surface area contributed by atoms with Crippen LogP contribution in [0.2, 0.25) is 0 Å². The van der Waals surface area contributed by atoms with E-state index in [1.54, 1.807) is 0 Å². The van der Waals surface area contributed by atoms with E-state index in [2.05, 4.69) is 20.2 Å². The van der Waals surface area contributed by atoms with Crippen molar-refractivity contribution in [1.82, 2.24) is 15.3 Å². The maximum Gasteiger partial charge on any atom is 0.251 e. The van der Waals surface area contributed by atoms with Gasteiger partial charge in [-0.2, -0.15) is 0 Å². The summed E-state index contributed by atoms with van der Waals surface area (Å²) in [6.07, 6.45) is 12.0. The third-order valence-electron chi connectivity index (χ3n) is 5.43. The smallest absolute Gasteiger partial charge is 0.251 e. The first-order chi connectivity index (χ1) is 12.8. The summed E-state index contributed by atoms with van der Waals surface area (Å²) in [4.78, 5) is 23.8. The van der Waals surface area contributed by atoms with Crippen LogP contribution in [-0.4, -0.2) is 35.0 Å². The van der Waals surface area contributed by atoms with Crippen LogP contribution in [0.25, 0.3) is 11.1 Å². The van der Waals surface area contributed by atoms with E-state index in [-0.39, 0.29) is 5.91 Å². The van der Waals surface area contributed by atoms with Gasteiger partial charge < -0.3 is 10.2 Å². The van der Waals surface area contributed by atoms with E-state index in [1.165, 1.54) is 32.1 Å². The Labute approximate surface area is 154 Å². The fraction of sp³-hybridized carbons (Fsp3) is 0.476. The fourth-order valence-corrected chi connectivity index (χ4v) is 3.91. The fourth-order valence-electron chi connectivity index (χ4n) is 3.91. The van der Waals surface area contributed by atoms with Crippen molar-refractivity contribution in [2.45, 2.75) is 51.0 Å². The zero-order valence-electron chi connectivity index (χ0n) is 15.2. The molecule has 5 heteroatoms. The lowest BCUT2D eigenvalue weighted by Crippen LogP contribution is -2.36. The number of carbonyl (C=O) groups excluding carboxylic acids is 1. The SMILES string of the molecule is O=C(NC1CCCCC1)c1cccc(-c2cnc(N3CCCC3)nc2)c1. The second-order valence-electron chi connectivity index (χ2n) is 7.36. The number of hydrogen-bond acceptors (Lipinski definition) is 4. The normalized spacial score (nSPS) is 18.1. The van der Waals surface area contributed by atoms with Gasteiger partial charge in [0.2, 0.25) is 5.95 Å². The molecule has 0 radical (unpaired) electrons. The molecule has 1 amide bonds. The molecule has 1 aromatic heterocycles. The topological polar surface area (TPSA) is 58.1 Å². The van der Waals surface area contributed by atoms with Gasteiger partial charge in [0, 0.05) is 42.7 Å². The largest absolute Gasteiger partial charge is 0.349 e. The van der Waals surface area contributed by atoms with Crippen LogP contribution in [0.3, 0.4) is 0 Å². The van der Waals surface area contributed by atoms with Crippen LogP contribution in [0, 0.1) is 0 Å². The van der Waals surface area contributed by atoms with Gasteiger partial charge in [0.1, 0.15) is 0 Å². The lowest BCUT2D eigenvalue weighted by atomic mass is 9.95. The quantitative estimate of drug-likeness (QED) is 0.911. The highest BCUT2D eigenvalue weighted by Gasteiger charge is 2.17. The molecule has 1 N–H and O–H groups in total. The lowest BCUT2D eigenvalue weighted by Gasteiger charge is -2.22. The van der Waals surface area contributed by atoms with E-state index in [0.29, 0.717) is 11.6 Å². The zero-order chi connectivity index (χ0) is 17.8. The molecule has 0 bridgehead atoms. The van der Waals surface area contributed by atoms with Crippen molar-refractivity contribution < 1.29 is 4.79 Å². The van der Waals surface area contributed by atoms with Gasteiger partial charge in [0.05, 0.1) is 0 Å². The maximum atomic E-state index is 12.6. The van der Waals surface area contributed by atoms with Crippen molar-refractivity contribution >= 4 is 11.9 Å². The van der Waals surface area contributed by atoms with E-state index >= 15 is 0 Å². The Morgan fingerprint density at radius 2 is 1.69 bits per heavy atom. The average molecular weight is 350 g/mol. The van der Waals surface area contributed by atoms with E-state index < -0.39 is 0 Å². The molecule has 26 heavy (non-hydrogen) atoms. The molecule has 1 aliphatic carbocycles. The number of amides is 1. The number of rotatable bonds is 4. The molecule has 1 saturated heterocycles. The van der Waals surface area contributed by atoms with Crippen LogP contribution in [0.4, 0.5) is 5.95 Å². The summed E-state index contributed by atoms with van der Waals surface area (Å²) in [7, 11) is 0. The molecule has 0 atom stereocenters. The van der Waals surface area contributed by atoms with Crippen LogP contribution in [0.1, 0.15) is 55.3 Å². The molecule has 1 aromatic carbocycles. The van der Waals surface area contributed by atoms with Crippen LogP contribution in [0.15, 0.2) is 36.7 Å². The van der Waals surface area contributed by atoms with E-state index in [0.717, 1.165) is 43.0 Å². The molecule has 1 aliphatic heterocycles. The van der Waals surface area contributed by atoms with Crippen molar-refractivity contribution in [1.29, 1.82) is 0 Å². The predicted molar refractivity (Wildman–Crippen MR) is 103 cm³/mol. The minimum Gasteiger partial charge on any atom is -0.349 e. The molecule has 136 valence electrons. The van der Waals surface area contributed by atoms with Gasteiger partial charge in [-0.1, -0.05) is 31.4 Å². The molecule has 4 rings (SSSR count). The van der Waals surface area contributed by atoms with Gasteiger partial charge in [-0.3, -0.25) is 4.79 Å². The Balaban J connectivity index is 1.47. The summed E-state index contributed by atoms with van der Waals surface area (Å²) < 4.78 is 0. The van der Waals surface area contributed by atoms with Crippen LogP contribution in [-0.2, 0) is 0 Å². The number of anilines is 1. The molecule has 2 heterocycles. The second-order valence-corrected chi connectivity index (χ2v) is 7.36. The Morgan fingerprint density at radius 1 is 0.962 bits per heavy atom. The Bertz CT molecular complexity index is 747. The Hall–Kier alpha value is -2.43. The van der Waals surface area contributed by atoms with Gasteiger partial charge in [0.25, 0.3) is 5.91 Å². The highest BCUT2D eigenvalue weighted by molar-refractivity contribution is 5.95. The van der Waals surface area contributed by atoms with Gasteiger partial charge in [-0.25, -0.2) is 9.97 Å². The molecule has 2 aliphatic rings. The molecule has 5 nitrogen and oxygen atoms in total. The predicted octanol–water partition coefficient (Wildman–Crippen LogP) is 3.81. The molecule has 0 unspecified atom stereocenters. The summed E-state index contributed by atoms with van der Waals surface area (Å²) in [6.45, 7) is 2.08. The summed E-state index contributed by atoms with van der Waals surface area (Å²) in [5.41, 5.74) is 2.63. The van der Waals surface area contributed by atoms with Crippen molar-refractivity contribution in [3.63, 3.8) is 0 Å². The number of hydrogen-bond donors (Lipinski definition) is 1. The highest BCUT2D eigenvalue weighted by Crippen LogP contribution is 2.22.